The molecule has 0 aromatic heterocycles. The highest BCUT2D eigenvalue weighted by Gasteiger charge is 2.19. The van der Waals surface area contributed by atoms with Gasteiger partial charge >= 0.3 is 0 Å². The standard InChI is InChI=1S/C12H26N2O2/c1-5-10(8-13)7-11(15)14-9-12(3,4)16-6-2/h10H,5-9,13H2,1-4H3,(H,14,15). The van der Waals surface area contributed by atoms with Crippen molar-refractivity contribution in [3.63, 3.8) is 0 Å². The molecule has 0 rings (SSSR count). The van der Waals surface area contributed by atoms with Crippen molar-refractivity contribution in [1.29, 1.82) is 0 Å². The highest BCUT2D eigenvalue weighted by Crippen LogP contribution is 2.09. The van der Waals surface area contributed by atoms with Crippen molar-refractivity contribution in [2.75, 3.05) is 19.7 Å². The number of hydrogen-bond donors (Lipinski definition) is 2. The molecule has 0 saturated carbocycles. The molecule has 1 atom stereocenters. The van der Waals surface area contributed by atoms with E-state index in [-0.39, 0.29) is 17.4 Å². The van der Waals surface area contributed by atoms with Crippen LogP contribution < -0.4 is 11.1 Å². The lowest BCUT2D eigenvalue weighted by molar-refractivity contribution is -0.123. The number of carbonyl (C=O) groups is 1. The van der Waals surface area contributed by atoms with E-state index in [9.17, 15) is 4.79 Å². The molecule has 1 amide bonds. The minimum atomic E-state index is -0.297. The van der Waals surface area contributed by atoms with Gasteiger partial charge in [0, 0.05) is 19.6 Å². The van der Waals surface area contributed by atoms with Crippen LogP contribution in [0.1, 0.15) is 40.5 Å². The quantitative estimate of drug-likeness (QED) is 0.660. The fourth-order valence-corrected chi connectivity index (χ4v) is 1.48. The number of ether oxygens (including phenoxy) is 1. The Labute approximate surface area is 98.9 Å². The van der Waals surface area contributed by atoms with Crippen LogP contribution in [0.4, 0.5) is 0 Å². The van der Waals surface area contributed by atoms with E-state index in [1.165, 1.54) is 0 Å². The third kappa shape index (κ3) is 6.80. The molecule has 0 aliphatic rings. The molecule has 0 heterocycles. The summed E-state index contributed by atoms with van der Waals surface area (Å²) < 4.78 is 5.50. The average Bonchev–Trinajstić information content (AvgIpc) is 2.23. The minimum Gasteiger partial charge on any atom is -0.374 e. The molecule has 4 heteroatoms. The monoisotopic (exact) mass is 230 g/mol. The summed E-state index contributed by atoms with van der Waals surface area (Å²) in [4.78, 5) is 11.6. The van der Waals surface area contributed by atoms with E-state index in [2.05, 4.69) is 12.2 Å². The maximum Gasteiger partial charge on any atom is 0.220 e. The maximum atomic E-state index is 11.6. The molecule has 0 aromatic carbocycles. The molecule has 0 saturated heterocycles. The summed E-state index contributed by atoms with van der Waals surface area (Å²) in [6.45, 7) is 9.71. The lowest BCUT2D eigenvalue weighted by atomic mass is 10.0. The van der Waals surface area contributed by atoms with Crippen LogP contribution >= 0.6 is 0 Å². The van der Waals surface area contributed by atoms with E-state index < -0.39 is 0 Å². The second kappa shape index (κ2) is 7.63. The molecule has 0 aromatic rings. The van der Waals surface area contributed by atoms with Crippen molar-refractivity contribution < 1.29 is 9.53 Å². The van der Waals surface area contributed by atoms with Crippen molar-refractivity contribution in [1.82, 2.24) is 5.32 Å². The van der Waals surface area contributed by atoms with Crippen molar-refractivity contribution >= 4 is 5.91 Å². The Morgan fingerprint density at radius 1 is 1.44 bits per heavy atom. The van der Waals surface area contributed by atoms with E-state index in [0.717, 1.165) is 6.42 Å². The molecule has 0 radical (unpaired) electrons. The Kier molecular flexibility index (Phi) is 7.34. The second-order valence-corrected chi connectivity index (χ2v) is 4.68. The number of carbonyl (C=O) groups excluding carboxylic acids is 1. The highest BCUT2D eigenvalue weighted by atomic mass is 16.5. The van der Waals surface area contributed by atoms with Crippen LogP contribution in [0, 0.1) is 5.92 Å². The zero-order chi connectivity index (χ0) is 12.6. The number of nitrogens with two attached hydrogens (primary N) is 1. The first-order valence-electron chi connectivity index (χ1n) is 6.05. The smallest absolute Gasteiger partial charge is 0.220 e. The van der Waals surface area contributed by atoms with Gasteiger partial charge in [-0.05, 0) is 33.2 Å². The lowest BCUT2D eigenvalue weighted by Gasteiger charge is -2.25. The van der Waals surface area contributed by atoms with Crippen LogP contribution in [0.3, 0.4) is 0 Å². The number of nitrogens with one attached hydrogen (secondary N) is 1. The zero-order valence-electron chi connectivity index (χ0n) is 11.0. The maximum absolute atomic E-state index is 11.6. The predicted octanol–water partition coefficient (Wildman–Crippen LogP) is 1.29. The van der Waals surface area contributed by atoms with E-state index >= 15 is 0 Å². The Balaban J connectivity index is 3.88. The van der Waals surface area contributed by atoms with Crippen LogP contribution in [0.15, 0.2) is 0 Å². The van der Waals surface area contributed by atoms with Gasteiger partial charge in [-0.3, -0.25) is 4.79 Å². The van der Waals surface area contributed by atoms with Crippen LogP contribution in [-0.2, 0) is 9.53 Å². The second-order valence-electron chi connectivity index (χ2n) is 4.68. The van der Waals surface area contributed by atoms with Gasteiger partial charge in [-0.15, -0.1) is 0 Å². The summed E-state index contributed by atoms with van der Waals surface area (Å²) in [5.41, 5.74) is 5.26. The van der Waals surface area contributed by atoms with E-state index in [1.54, 1.807) is 0 Å². The molecule has 1 unspecified atom stereocenters. The Bertz CT molecular complexity index is 201. The van der Waals surface area contributed by atoms with E-state index in [0.29, 0.717) is 26.1 Å². The van der Waals surface area contributed by atoms with E-state index in [4.69, 9.17) is 10.5 Å². The Morgan fingerprint density at radius 2 is 2.06 bits per heavy atom. The summed E-state index contributed by atoms with van der Waals surface area (Å²) in [7, 11) is 0. The van der Waals surface area contributed by atoms with Gasteiger partial charge in [0.25, 0.3) is 0 Å². The summed E-state index contributed by atoms with van der Waals surface area (Å²) in [5.74, 6) is 0.347. The molecule has 16 heavy (non-hydrogen) atoms. The minimum absolute atomic E-state index is 0.0603. The number of amides is 1. The van der Waals surface area contributed by atoms with Gasteiger partial charge in [-0.1, -0.05) is 13.3 Å². The van der Waals surface area contributed by atoms with Gasteiger partial charge in [0.15, 0.2) is 0 Å². The van der Waals surface area contributed by atoms with Gasteiger partial charge in [-0.2, -0.15) is 0 Å². The molecule has 0 aliphatic carbocycles. The van der Waals surface area contributed by atoms with Crippen molar-refractivity contribution in [3.05, 3.63) is 0 Å². The Hall–Kier alpha value is -0.610. The molecule has 0 bridgehead atoms. The molecule has 0 spiro atoms. The topological polar surface area (TPSA) is 64.3 Å². The SMILES string of the molecule is CCOC(C)(C)CNC(=O)CC(CC)CN. The van der Waals surface area contributed by atoms with Gasteiger partial charge < -0.3 is 15.8 Å². The number of rotatable bonds is 8. The zero-order valence-corrected chi connectivity index (χ0v) is 11.0. The first-order chi connectivity index (χ1) is 7.45. The van der Waals surface area contributed by atoms with Crippen LogP contribution in [0.2, 0.25) is 0 Å². The highest BCUT2D eigenvalue weighted by molar-refractivity contribution is 5.76. The lowest BCUT2D eigenvalue weighted by Crippen LogP contribution is -2.41. The fourth-order valence-electron chi connectivity index (χ4n) is 1.48. The molecule has 0 fully saturated rings. The van der Waals surface area contributed by atoms with Crippen LogP contribution in [0.5, 0.6) is 0 Å². The first kappa shape index (κ1) is 15.4. The summed E-state index contributed by atoms with van der Waals surface area (Å²) in [6.07, 6.45) is 1.45. The molecule has 96 valence electrons. The largest absolute Gasteiger partial charge is 0.374 e. The summed E-state index contributed by atoms with van der Waals surface area (Å²) >= 11 is 0. The molecular weight excluding hydrogens is 204 g/mol. The summed E-state index contributed by atoms with van der Waals surface area (Å²) in [5, 5.41) is 2.89. The normalized spacial score (nSPS) is 13.6. The number of hydrogen-bond acceptors (Lipinski definition) is 3. The summed E-state index contributed by atoms with van der Waals surface area (Å²) in [6, 6.07) is 0. The average molecular weight is 230 g/mol. The first-order valence-corrected chi connectivity index (χ1v) is 6.05. The van der Waals surface area contributed by atoms with Crippen molar-refractivity contribution in [2.45, 2.75) is 46.1 Å². The predicted molar refractivity (Wildman–Crippen MR) is 66.2 cm³/mol. The Morgan fingerprint density at radius 3 is 2.50 bits per heavy atom. The van der Waals surface area contributed by atoms with Crippen molar-refractivity contribution in [3.8, 4) is 0 Å². The van der Waals surface area contributed by atoms with Crippen LogP contribution in [-0.4, -0.2) is 31.2 Å². The van der Waals surface area contributed by atoms with Gasteiger partial charge in [0.1, 0.15) is 0 Å². The van der Waals surface area contributed by atoms with E-state index in [1.807, 2.05) is 20.8 Å². The van der Waals surface area contributed by atoms with Gasteiger partial charge in [-0.25, -0.2) is 0 Å². The third-order valence-corrected chi connectivity index (χ3v) is 2.63. The molecule has 4 nitrogen and oxygen atoms in total. The van der Waals surface area contributed by atoms with Gasteiger partial charge in [0.05, 0.1) is 5.60 Å². The van der Waals surface area contributed by atoms with Crippen molar-refractivity contribution in [2.24, 2.45) is 11.7 Å². The third-order valence-electron chi connectivity index (χ3n) is 2.63. The molecule has 0 aliphatic heterocycles. The van der Waals surface area contributed by atoms with Crippen LogP contribution in [0.25, 0.3) is 0 Å². The molecule has 3 N–H and O–H groups in total. The molecular formula is C12H26N2O2. The fraction of sp³-hybridized carbons (Fsp3) is 0.917. The van der Waals surface area contributed by atoms with Gasteiger partial charge in [0.2, 0.25) is 5.91 Å².